The van der Waals surface area contributed by atoms with Gasteiger partial charge in [0, 0.05) is 5.56 Å². The highest BCUT2D eigenvalue weighted by atomic mass is 16.5. The van der Waals surface area contributed by atoms with Crippen molar-refractivity contribution in [3.63, 3.8) is 0 Å². The van der Waals surface area contributed by atoms with Crippen molar-refractivity contribution in [2.45, 2.75) is 26.2 Å². The van der Waals surface area contributed by atoms with Crippen molar-refractivity contribution in [1.29, 1.82) is 10.5 Å². The Balaban J connectivity index is 2.51. The van der Waals surface area contributed by atoms with Gasteiger partial charge >= 0.3 is 0 Å². The predicted molar refractivity (Wildman–Crippen MR) is 81.1 cm³/mol. The Hall–Kier alpha value is -2.78. The molecule has 0 bridgehead atoms. The first-order chi connectivity index (χ1) is 9.97. The second-order valence-corrected chi connectivity index (χ2v) is 5.75. The Bertz CT molecular complexity index is 743. The molecule has 104 valence electrons. The van der Waals surface area contributed by atoms with E-state index in [1.54, 1.807) is 18.2 Å². The molecule has 0 N–H and O–H groups in total. The third kappa shape index (κ3) is 3.04. The third-order valence-corrected chi connectivity index (χ3v) is 3.17. The maximum absolute atomic E-state index is 9.26. The van der Waals surface area contributed by atoms with Crippen LogP contribution in [0.5, 0.6) is 11.5 Å². The molecule has 2 aromatic rings. The molecule has 0 aliphatic rings. The normalized spacial score (nSPS) is 10.5. The van der Waals surface area contributed by atoms with Gasteiger partial charge in [0.05, 0.1) is 5.56 Å². The maximum atomic E-state index is 9.26. The van der Waals surface area contributed by atoms with E-state index >= 15 is 0 Å². The summed E-state index contributed by atoms with van der Waals surface area (Å²) in [6.07, 6.45) is 0. The zero-order chi connectivity index (χ0) is 15.5. The highest BCUT2D eigenvalue weighted by Crippen LogP contribution is 2.35. The number of rotatable bonds is 2. The van der Waals surface area contributed by atoms with E-state index in [1.807, 2.05) is 36.4 Å². The van der Waals surface area contributed by atoms with Gasteiger partial charge < -0.3 is 4.74 Å². The van der Waals surface area contributed by atoms with Crippen LogP contribution in [0, 0.1) is 22.7 Å². The molecule has 0 aromatic heterocycles. The summed E-state index contributed by atoms with van der Waals surface area (Å²) in [6.45, 7) is 6.31. The van der Waals surface area contributed by atoms with E-state index in [0.29, 0.717) is 17.1 Å². The lowest BCUT2D eigenvalue weighted by Crippen LogP contribution is -2.12. The fraction of sp³-hybridized carbons (Fsp3) is 0.222. The van der Waals surface area contributed by atoms with Gasteiger partial charge in [0.15, 0.2) is 0 Å². The van der Waals surface area contributed by atoms with Gasteiger partial charge in [-0.05, 0) is 23.6 Å². The molecule has 0 unspecified atom stereocenters. The van der Waals surface area contributed by atoms with Gasteiger partial charge in [-0.15, -0.1) is 0 Å². The summed E-state index contributed by atoms with van der Waals surface area (Å²) in [6, 6.07) is 16.8. The average Bonchev–Trinajstić information content (AvgIpc) is 2.46. The fourth-order valence-corrected chi connectivity index (χ4v) is 2.12. The SMILES string of the molecule is CC(C)(C)c1ccccc1Oc1cccc(C#N)c1C#N. The minimum absolute atomic E-state index is 0.0732. The summed E-state index contributed by atoms with van der Waals surface area (Å²) in [5.74, 6) is 1.12. The van der Waals surface area contributed by atoms with E-state index in [4.69, 9.17) is 10.00 Å². The first kappa shape index (κ1) is 14.6. The molecule has 0 atom stereocenters. The minimum Gasteiger partial charge on any atom is -0.456 e. The van der Waals surface area contributed by atoms with Crippen LogP contribution in [0.25, 0.3) is 0 Å². The number of hydrogen-bond donors (Lipinski definition) is 0. The van der Waals surface area contributed by atoms with Crippen LogP contribution < -0.4 is 4.74 Å². The van der Waals surface area contributed by atoms with Crippen LogP contribution in [0.2, 0.25) is 0 Å². The second kappa shape index (κ2) is 5.69. The summed E-state index contributed by atoms with van der Waals surface area (Å²) in [5.41, 5.74) is 1.57. The molecule has 0 radical (unpaired) electrons. The van der Waals surface area contributed by atoms with Crippen molar-refractivity contribution in [3.05, 3.63) is 59.2 Å². The van der Waals surface area contributed by atoms with Crippen LogP contribution in [0.4, 0.5) is 0 Å². The smallest absolute Gasteiger partial charge is 0.146 e. The molecule has 2 aromatic carbocycles. The lowest BCUT2D eigenvalue weighted by Gasteiger charge is -2.22. The Morgan fingerprint density at radius 2 is 1.52 bits per heavy atom. The van der Waals surface area contributed by atoms with Crippen molar-refractivity contribution >= 4 is 0 Å². The molecule has 0 saturated carbocycles. The maximum Gasteiger partial charge on any atom is 0.146 e. The molecule has 0 aliphatic carbocycles. The Morgan fingerprint density at radius 1 is 0.857 bits per heavy atom. The molecule has 0 amide bonds. The van der Waals surface area contributed by atoms with Gasteiger partial charge in [-0.3, -0.25) is 0 Å². The van der Waals surface area contributed by atoms with E-state index in [9.17, 15) is 5.26 Å². The van der Waals surface area contributed by atoms with E-state index < -0.39 is 0 Å². The van der Waals surface area contributed by atoms with Crippen LogP contribution in [-0.2, 0) is 5.41 Å². The Labute approximate surface area is 125 Å². The Kier molecular flexibility index (Phi) is 3.96. The van der Waals surface area contributed by atoms with Gasteiger partial charge in [-0.25, -0.2) is 0 Å². The molecule has 21 heavy (non-hydrogen) atoms. The summed E-state index contributed by atoms with van der Waals surface area (Å²) in [4.78, 5) is 0. The third-order valence-electron chi connectivity index (χ3n) is 3.17. The van der Waals surface area contributed by atoms with E-state index in [2.05, 4.69) is 20.8 Å². The molecule has 0 saturated heterocycles. The number of hydrogen-bond acceptors (Lipinski definition) is 3. The predicted octanol–water partition coefficient (Wildman–Crippen LogP) is 4.52. The van der Waals surface area contributed by atoms with Gasteiger partial charge in [0.25, 0.3) is 0 Å². The van der Waals surface area contributed by atoms with E-state index in [0.717, 1.165) is 5.56 Å². The van der Waals surface area contributed by atoms with Crippen LogP contribution in [0.15, 0.2) is 42.5 Å². The van der Waals surface area contributed by atoms with Crippen LogP contribution >= 0.6 is 0 Å². The molecule has 0 aliphatic heterocycles. The van der Waals surface area contributed by atoms with E-state index in [-0.39, 0.29) is 11.0 Å². The number of nitrogens with zero attached hydrogens (tertiary/aromatic N) is 2. The van der Waals surface area contributed by atoms with Crippen LogP contribution in [-0.4, -0.2) is 0 Å². The largest absolute Gasteiger partial charge is 0.456 e. The molecular formula is C18H16N2O. The van der Waals surface area contributed by atoms with Gasteiger partial charge in [-0.2, -0.15) is 10.5 Å². The van der Waals surface area contributed by atoms with E-state index in [1.165, 1.54) is 0 Å². The zero-order valence-electron chi connectivity index (χ0n) is 12.3. The quantitative estimate of drug-likeness (QED) is 0.810. The molecule has 3 nitrogen and oxygen atoms in total. The topological polar surface area (TPSA) is 56.8 Å². The minimum atomic E-state index is -0.0732. The summed E-state index contributed by atoms with van der Waals surface area (Å²) >= 11 is 0. The van der Waals surface area contributed by atoms with Gasteiger partial charge in [0.1, 0.15) is 29.2 Å². The molecule has 2 rings (SSSR count). The molecular weight excluding hydrogens is 260 g/mol. The molecule has 3 heteroatoms. The summed E-state index contributed by atoms with van der Waals surface area (Å²) in [7, 11) is 0. The summed E-state index contributed by atoms with van der Waals surface area (Å²) in [5, 5.41) is 18.3. The number of nitriles is 2. The highest BCUT2D eigenvalue weighted by molar-refractivity contribution is 5.55. The van der Waals surface area contributed by atoms with Crippen molar-refractivity contribution in [2.24, 2.45) is 0 Å². The van der Waals surface area contributed by atoms with Crippen molar-refractivity contribution < 1.29 is 4.74 Å². The fourth-order valence-electron chi connectivity index (χ4n) is 2.12. The number of benzene rings is 2. The van der Waals surface area contributed by atoms with Gasteiger partial charge in [-0.1, -0.05) is 45.0 Å². The molecule has 0 heterocycles. The molecule has 0 fully saturated rings. The number of ether oxygens (including phenoxy) is 1. The van der Waals surface area contributed by atoms with Crippen molar-refractivity contribution in [2.75, 3.05) is 0 Å². The van der Waals surface area contributed by atoms with Crippen molar-refractivity contribution in [3.8, 4) is 23.6 Å². The monoisotopic (exact) mass is 276 g/mol. The summed E-state index contributed by atoms with van der Waals surface area (Å²) < 4.78 is 5.93. The average molecular weight is 276 g/mol. The van der Waals surface area contributed by atoms with Gasteiger partial charge in [0.2, 0.25) is 0 Å². The molecule has 0 spiro atoms. The zero-order valence-corrected chi connectivity index (χ0v) is 12.3. The number of para-hydroxylation sites is 1. The van der Waals surface area contributed by atoms with Crippen LogP contribution in [0.3, 0.4) is 0 Å². The first-order valence-electron chi connectivity index (χ1n) is 6.68. The lowest BCUT2D eigenvalue weighted by molar-refractivity contribution is 0.454. The highest BCUT2D eigenvalue weighted by Gasteiger charge is 2.20. The lowest BCUT2D eigenvalue weighted by atomic mass is 9.86. The Morgan fingerprint density at radius 3 is 2.14 bits per heavy atom. The first-order valence-corrected chi connectivity index (χ1v) is 6.68. The van der Waals surface area contributed by atoms with Crippen LogP contribution in [0.1, 0.15) is 37.5 Å². The second-order valence-electron chi connectivity index (χ2n) is 5.75. The van der Waals surface area contributed by atoms with Crippen molar-refractivity contribution in [1.82, 2.24) is 0 Å². The standard InChI is InChI=1S/C18H16N2O/c1-18(2,3)15-8-4-5-9-17(15)21-16-10-6-7-13(11-19)14(16)12-20/h4-10H,1-3H3.